The molecule has 5 heteroatoms. The van der Waals surface area contributed by atoms with Crippen molar-refractivity contribution in [3.8, 4) is 5.75 Å². The summed E-state index contributed by atoms with van der Waals surface area (Å²) < 4.78 is 18.9. The van der Waals surface area contributed by atoms with E-state index in [0.717, 1.165) is 12.8 Å². The van der Waals surface area contributed by atoms with Crippen molar-refractivity contribution in [3.63, 3.8) is 0 Å². The van der Waals surface area contributed by atoms with Gasteiger partial charge in [0.2, 0.25) is 0 Å². The molecule has 4 N–H and O–H groups in total. The molecule has 0 bridgehead atoms. The van der Waals surface area contributed by atoms with Crippen LogP contribution < -0.4 is 15.8 Å². The Labute approximate surface area is 107 Å². The molecule has 0 aromatic heterocycles. The summed E-state index contributed by atoms with van der Waals surface area (Å²) in [6.45, 7) is 4.35. The second kappa shape index (κ2) is 7.06. The van der Waals surface area contributed by atoms with Crippen molar-refractivity contribution in [2.75, 3.05) is 24.3 Å². The van der Waals surface area contributed by atoms with E-state index in [2.05, 4.69) is 5.32 Å². The molecule has 18 heavy (non-hydrogen) atoms. The zero-order valence-corrected chi connectivity index (χ0v) is 10.9. The maximum atomic E-state index is 13.6. The zero-order chi connectivity index (χ0) is 13.5. The quantitative estimate of drug-likeness (QED) is 0.655. The van der Waals surface area contributed by atoms with Crippen molar-refractivity contribution in [3.05, 3.63) is 17.9 Å². The SMILES string of the molecule is CCCOc1cc(NC(CC)CO)c(N)cc1F. The Bertz CT molecular complexity index is 381. The molecular formula is C13H21FN2O2. The van der Waals surface area contributed by atoms with Crippen LogP contribution in [0.4, 0.5) is 15.8 Å². The molecule has 0 heterocycles. The molecule has 0 spiro atoms. The molecule has 1 aromatic rings. The fraction of sp³-hybridized carbons (Fsp3) is 0.538. The lowest BCUT2D eigenvalue weighted by atomic mass is 10.2. The molecule has 0 saturated carbocycles. The van der Waals surface area contributed by atoms with Gasteiger partial charge in [0.15, 0.2) is 11.6 Å². The molecule has 0 amide bonds. The number of rotatable bonds is 7. The van der Waals surface area contributed by atoms with Crippen LogP contribution in [0.3, 0.4) is 0 Å². The highest BCUT2D eigenvalue weighted by Crippen LogP contribution is 2.29. The number of anilines is 2. The summed E-state index contributed by atoms with van der Waals surface area (Å²) in [6.07, 6.45) is 1.55. The summed E-state index contributed by atoms with van der Waals surface area (Å²) in [6, 6.07) is 2.67. The van der Waals surface area contributed by atoms with Crippen LogP contribution in [0, 0.1) is 5.82 Å². The first-order valence-corrected chi connectivity index (χ1v) is 6.21. The van der Waals surface area contributed by atoms with Crippen molar-refractivity contribution < 1.29 is 14.2 Å². The molecule has 1 atom stereocenters. The summed E-state index contributed by atoms with van der Waals surface area (Å²) in [5.74, 6) is -0.287. The molecule has 1 aromatic carbocycles. The van der Waals surface area contributed by atoms with E-state index >= 15 is 0 Å². The summed E-state index contributed by atoms with van der Waals surface area (Å²) in [7, 11) is 0. The standard InChI is InChI=1S/C13H21FN2O2/c1-3-5-18-13-7-12(11(15)6-10(13)14)16-9(4-2)8-17/h6-7,9,16-17H,3-5,8,15H2,1-2H3. The van der Waals surface area contributed by atoms with Crippen LogP contribution in [0.5, 0.6) is 5.75 Å². The second-order valence-electron chi connectivity index (χ2n) is 4.15. The molecule has 4 nitrogen and oxygen atoms in total. The van der Waals surface area contributed by atoms with Crippen LogP contribution in [-0.2, 0) is 0 Å². The third-order valence-corrected chi connectivity index (χ3v) is 2.64. The van der Waals surface area contributed by atoms with Crippen molar-refractivity contribution in [1.82, 2.24) is 0 Å². The Morgan fingerprint density at radius 2 is 2.17 bits per heavy atom. The number of aliphatic hydroxyl groups excluding tert-OH is 1. The number of nitrogens with one attached hydrogen (secondary N) is 1. The van der Waals surface area contributed by atoms with Gasteiger partial charge in [-0.25, -0.2) is 4.39 Å². The third kappa shape index (κ3) is 3.77. The van der Waals surface area contributed by atoms with Gasteiger partial charge >= 0.3 is 0 Å². The lowest BCUT2D eigenvalue weighted by Crippen LogP contribution is -2.23. The predicted molar refractivity (Wildman–Crippen MR) is 71.4 cm³/mol. The maximum Gasteiger partial charge on any atom is 0.167 e. The largest absolute Gasteiger partial charge is 0.490 e. The molecule has 0 aliphatic rings. The van der Waals surface area contributed by atoms with Crippen molar-refractivity contribution in [1.29, 1.82) is 0 Å². The first kappa shape index (κ1) is 14.6. The topological polar surface area (TPSA) is 67.5 Å². The van der Waals surface area contributed by atoms with E-state index in [1.807, 2.05) is 13.8 Å². The molecule has 0 saturated heterocycles. The average molecular weight is 256 g/mol. The summed E-state index contributed by atoms with van der Waals surface area (Å²) in [5, 5.41) is 12.2. The first-order chi connectivity index (χ1) is 8.62. The molecule has 1 unspecified atom stereocenters. The number of hydrogen-bond donors (Lipinski definition) is 3. The molecule has 1 rings (SSSR count). The van der Waals surface area contributed by atoms with E-state index in [-0.39, 0.29) is 18.4 Å². The van der Waals surface area contributed by atoms with Gasteiger partial charge in [0.1, 0.15) is 0 Å². The Balaban J connectivity index is 2.89. The molecular weight excluding hydrogens is 235 g/mol. The summed E-state index contributed by atoms with van der Waals surface area (Å²) in [4.78, 5) is 0. The van der Waals surface area contributed by atoms with Gasteiger partial charge in [0.25, 0.3) is 0 Å². The minimum Gasteiger partial charge on any atom is -0.490 e. The maximum absolute atomic E-state index is 13.6. The highest BCUT2D eigenvalue weighted by atomic mass is 19.1. The number of benzene rings is 1. The normalized spacial score (nSPS) is 12.2. The van der Waals surface area contributed by atoms with E-state index in [0.29, 0.717) is 18.0 Å². The number of halogens is 1. The fourth-order valence-electron chi connectivity index (χ4n) is 1.51. The van der Waals surface area contributed by atoms with E-state index in [9.17, 15) is 4.39 Å². The molecule has 0 radical (unpaired) electrons. The summed E-state index contributed by atoms with van der Waals surface area (Å²) in [5.41, 5.74) is 6.63. The fourth-order valence-corrected chi connectivity index (χ4v) is 1.51. The Kier molecular flexibility index (Phi) is 5.71. The van der Waals surface area contributed by atoms with Gasteiger partial charge in [-0.05, 0) is 12.8 Å². The minimum atomic E-state index is -0.469. The molecule has 0 aliphatic heterocycles. The number of hydrogen-bond acceptors (Lipinski definition) is 4. The Hall–Kier alpha value is -1.49. The highest BCUT2D eigenvalue weighted by Gasteiger charge is 2.12. The number of nitrogens with two attached hydrogens (primary N) is 1. The minimum absolute atomic E-state index is 0.00152. The monoisotopic (exact) mass is 256 g/mol. The van der Waals surface area contributed by atoms with Gasteiger partial charge in [-0.3, -0.25) is 0 Å². The van der Waals surface area contributed by atoms with Crippen LogP contribution in [0.15, 0.2) is 12.1 Å². The van der Waals surface area contributed by atoms with E-state index in [4.69, 9.17) is 15.6 Å². The van der Waals surface area contributed by atoms with Crippen LogP contribution in [0.2, 0.25) is 0 Å². The molecule has 0 aliphatic carbocycles. The van der Waals surface area contributed by atoms with E-state index in [1.165, 1.54) is 6.07 Å². The number of nitrogen functional groups attached to an aromatic ring is 1. The third-order valence-electron chi connectivity index (χ3n) is 2.64. The highest BCUT2D eigenvalue weighted by molar-refractivity contribution is 5.69. The Morgan fingerprint density at radius 1 is 1.44 bits per heavy atom. The van der Waals surface area contributed by atoms with Gasteiger partial charge in [0, 0.05) is 18.2 Å². The molecule has 102 valence electrons. The number of aliphatic hydroxyl groups is 1. The first-order valence-electron chi connectivity index (χ1n) is 6.21. The Morgan fingerprint density at radius 3 is 2.72 bits per heavy atom. The van der Waals surface area contributed by atoms with Crippen LogP contribution in [0.1, 0.15) is 26.7 Å². The van der Waals surface area contributed by atoms with Crippen LogP contribution in [-0.4, -0.2) is 24.4 Å². The predicted octanol–water partition coefficient (Wildman–Crippen LogP) is 2.38. The van der Waals surface area contributed by atoms with Crippen molar-refractivity contribution in [2.24, 2.45) is 0 Å². The van der Waals surface area contributed by atoms with Gasteiger partial charge in [-0.1, -0.05) is 13.8 Å². The van der Waals surface area contributed by atoms with Crippen LogP contribution >= 0.6 is 0 Å². The summed E-state index contributed by atoms with van der Waals surface area (Å²) >= 11 is 0. The van der Waals surface area contributed by atoms with E-state index < -0.39 is 5.82 Å². The van der Waals surface area contributed by atoms with Gasteiger partial charge < -0.3 is 20.9 Å². The van der Waals surface area contributed by atoms with Crippen molar-refractivity contribution in [2.45, 2.75) is 32.7 Å². The van der Waals surface area contributed by atoms with Crippen LogP contribution in [0.25, 0.3) is 0 Å². The molecule has 0 fully saturated rings. The lowest BCUT2D eigenvalue weighted by Gasteiger charge is -2.18. The van der Waals surface area contributed by atoms with Gasteiger partial charge in [-0.2, -0.15) is 0 Å². The van der Waals surface area contributed by atoms with Crippen molar-refractivity contribution >= 4 is 11.4 Å². The zero-order valence-electron chi connectivity index (χ0n) is 10.9. The number of ether oxygens (including phenoxy) is 1. The lowest BCUT2D eigenvalue weighted by molar-refractivity contribution is 0.271. The van der Waals surface area contributed by atoms with Gasteiger partial charge in [-0.15, -0.1) is 0 Å². The second-order valence-corrected chi connectivity index (χ2v) is 4.15. The van der Waals surface area contributed by atoms with E-state index in [1.54, 1.807) is 6.07 Å². The smallest absolute Gasteiger partial charge is 0.167 e. The van der Waals surface area contributed by atoms with Gasteiger partial charge in [0.05, 0.1) is 24.6 Å². The average Bonchev–Trinajstić information content (AvgIpc) is 2.36.